The summed E-state index contributed by atoms with van der Waals surface area (Å²) in [5.74, 6) is -0.991. The van der Waals surface area contributed by atoms with Gasteiger partial charge in [-0.05, 0) is 6.07 Å². The summed E-state index contributed by atoms with van der Waals surface area (Å²) >= 11 is 0. The highest BCUT2D eigenvalue weighted by atomic mass is 16.4. The van der Waals surface area contributed by atoms with E-state index in [9.17, 15) is 9.59 Å². The fraction of sp³-hybridized carbons (Fsp3) is 0.154. The van der Waals surface area contributed by atoms with Gasteiger partial charge in [0.15, 0.2) is 0 Å². The Morgan fingerprint density at radius 1 is 1.32 bits per heavy atom. The summed E-state index contributed by atoms with van der Waals surface area (Å²) < 4.78 is 2.89. The quantitative estimate of drug-likeness (QED) is 0.742. The molecule has 0 bridgehead atoms. The zero-order valence-corrected chi connectivity index (χ0v) is 10.2. The summed E-state index contributed by atoms with van der Waals surface area (Å²) in [6.07, 6.45) is 1.42. The third kappa shape index (κ3) is 1.61. The minimum atomic E-state index is -0.991. The van der Waals surface area contributed by atoms with Crippen LogP contribution in [0, 0.1) is 0 Å². The number of carbonyl (C=O) groups is 1. The molecule has 0 aliphatic heterocycles. The number of fused-ring (bicyclic) bond motifs is 3. The molecule has 19 heavy (non-hydrogen) atoms. The molecule has 0 fully saturated rings. The van der Waals surface area contributed by atoms with E-state index in [0.717, 1.165) is 10.9 Å². The lowest BCUT2D eigenvalue weighted by Crippen LogP contribution is -2.18. The van der Waals surface area contributed by atoms with Crippen LogP contribution in [0.4, 0.5) is 0 Å². The molecule has 0 unspecified atom stereocenters. The third-order valence-corrected chi connectivity index (χ3v) is 3.18. The highest BCUT2D eigenvalue weighted by Gasteiger charge is 2.14. The van der Waals surface area contributed by atoms with Crippen molar-refractivity contribution in [2.45, 2.75) is 6.54 Å². The number of pyridine rings is 1. The van der Waals surface area contributed by atoms with E-state index in [0.29, 0.717) is 10.9 Å². The van der Waals surface area contributed by atoms with Gasteiger partial charge in [-0.2, -0.15) is 5.10 Å². The largest absolute Gasteiger partial charge is 0.480 e. The maximum atomic E-state index is 12.2. The van der Waals surface area contributed by atoms with Gasteiger partial charge in [-0.3, -0.25) is 14.3 Å². The van der Waals surface area contributed by atoms with Crippen LogP contribution in [0.1, 0.15) is 0 Å². The Labute approximate surface area is 107 Å². The molecular weight excluding hydrogens is 246 g/mol. The van der Waals surface area contributed by atoms with E-state index < -0.39 is 5.97 Å². The van der Waals surface area contributed by atoms with Gasteiger partial charge in [0.1, 0.15) is 6.54 Å². The number of aryl methyl sites for hydroxylation is 1. The molecule has 0 atom stereocenters. The van der Waals surface area contributed by atoms with Crippen molar-refractivity contribution in [1.29, 1.82) is 0 Å². The van der Waals surface area contributed by atoms with Crippen LogP contribution in [0.2, 0.25) is 0 Å². The van der Waals surface area contributed by atoms with Crippen molar-refractivity contribution in [2.24, 2.45) is 7.05 Å². The number of benzene rings is 1. The fourth-order valence-electron chi connectivity index (χ4n) is 2.33. The van der Waals surface area contributed by atoms with Crippen LogP contribution in [0.3, 0.4) is 0 Å². The van der Waals surface area contributed by atoms with E-state index in [1.54, 1.807) is 11.6 Å². The summed E-state index contributed by atoms with van der Waals surface area (Å²) in [6.45, 7) is -0.263. The average molecular weight is 257 g/mol. The number of carboxylic acid groups (broad SMARTS) is 1. The Kier molecular flexibility index (Phi) is 2.38. The van der Waals surface area contributed by atoms with Gasteiger partial charge in [-0.15, -0.1) is 0 Å². The first-order valence-electron chi connectivity index (χ1n) is 5.74. The van der Waals surface area contributed by atoms with Gasteiger partial charge in [0.2, 0.25) is 0 Å². The summed E-state index contributed by atoms with van der Waals surface area (Å²) in [5, 5.41) is 14.2. The van der Waals surface area contributed by atoms with Crippen molar-refractivity contribution in [3.05, 3.63) is 40.8 Å². The highest BCUT2D eigenvalue weighted by Crippen LogP contribution is 2.21. The van der Waals surface area contributed by atoms with Gasteiger partial charge >= 0.3 is 5.97 Å². The number of nitrogens with zero attached hydrogens (tertiary/aromatic N) is 3. The Morgan fingerprint density at radius 2 is 2.05 bits per heavy atom. The Morgan fingerprint density at radius 3 is 2.79 bits per heavy atom. The maximum Gasteiger partial charge on any atom is 0.325 e. The van der Waals surface area contributed by atoms with Crippen molar-refractivity contribution in [1.82, 2.24) is 14.3 Å². The molecule has 6 nitrogen and oxygen atoms in total. The monoisotopic (exact) mass is 257 g/mol. The first-order valence-corrected chi connectivity index (χ1v) is 5.74. The van der Waals surface area contributed by atoms with Crippen molar-refractivity contribution in [2.75, 3.05) is 0 Å². The van der Waals surface area contributed by atoms with Crippen molar-refractivity contribution < 1.29 is 9.90 Å². The number of hydrogen-bond acceptors (Lipinski definition) is 3. The molecule has 1 aromatic carbocycles. The SMILES string of the molecule is Cn1c(=O)c2cnn(CC(=O)O)c2c2ccccc21. The minimum Gasteiger partial charge on any atom is -0.480 e. The molecule has 96 valence electrons. The lowest BCUT2D eigenvalue weighted by molar-refractivity contribution is -0.137. The maximum absolute atomic E-state index is 12.2. The van der Waals surface area contributed by atoms with Crippen molar-refractivity contribution in [3.8, 4) is 0 Å². The van der Waals surface area contributed by atoms with E-state index in [1.165, 1.54) is 10.9 Å². The second-order valence-electron chi connectivity index (χ2n) is 4.34. The van der Waals surface area contributed by atoms with Crippen LogP contribution < -0.4 is 5.56 Å². The van der Waals surface area contributed by atoms with Gasteiger partial charge in [0, 0.05) is 12.4 Å². The molecule has 6 heteroatoms. The molecule has 3 aromatic rings. The smallest absolute Gasteiger partial charge is 0.325 e. The fourth-order valence-corrected chi connectivity index (χ4v) is 2.33. The van der Waals surface area contributed by atoms with E-state index >= 15 is 0 Å². The lowest BCUT2D eigenvalue weighted by Gasteiger charge is -2.07. The van der Waals surface area contributed by atoms with Crippen LogP contribution in [0.15, 0.2) is 35.3 Å². The predicted molar refractivity (Wildman–Crippen MR) is 70.1 cm³/mol. The molecule has 3 rings (SSSR count). The van der Waals surface area contributed by atoms with Crippen LogP contribution >= 0.6 is 0 Å². The zero-order valence-electron chi connectivity index (χ0n) is 10.2. The molecule has 0 amide bonds. The van der Waals surface area contributed by atoms with E-state index in [2.05, 4.69) is 5.10 Å². The standard InChI is InChI=1S/C13H11N3O3/c1-15-10-5-3-2-4-8(10)12-9(13(15)19)6-14-16(12)7-11(17)18/h2-6H,7H2,1H3,(H,17,18). The molecular formula is C13H11N3O3. The molecule has 2 heterocycles. The van der Waals surface area contributed by atoms with Gasteiger partial charge < -0.3 is 9.67 Å². The van der Waals surface area contributed by atoms with Crippen LogP contribution in [-0.2, 0) is 18.4 Å². The zero-order chi connectivity index (χ0) is 13.6. The summed E-state index contributed by atoms with van der Waals surface area (Å²) in [7, 11) is 1.69. The van der Waals surface area contributed by atoms with E-state index in [1.807, 2.05) is 24.3 Å². The number of aromatic nitrogens is 3. The van der Waals surface area contributed by atoms with E-state index in [-0.39, 0.29) is 12.1 Å². The molecule has 0 spiro atoms. The van der Waals surface area contributed by atoms with Crippen molar-refractivity contribution >= 4 is 27.8 Å². The van der Waals surface area contributed by atoms with Crippen LogP contribution in [-0.4, -0.2) is 25.4 Å². The van der Waals surface area contributed by atoms with Gasteiger partial charge in [-0.1, -0.05) is 18.2 Å². The Bertz CT molecular complexity index is 861. The Balaban J connectivity index is 2.52. The second kappa shape index (κ2) is 3.94. The first kappa shape index (κ1) is 11.5. The molecule has 0 saturated heterocycles. The Hall–Kier alpha value is -2.63. The predicted octanol–water partition coefficient (Wildman–Crippen LogP) is 0.973. The number of para-hydroxylation sites is 1. The normalized spacial score (nSPS) is 11.2. The summed E-state index contributed by atoms with van der Waals surface area (Å²) in [6, 6.07) is 7.38. The molecule has 0 saturated carbocycles. The van der Waals surface area contributed by atoms with Gasteiger partial charge in [0.05, 0.1) is 22.6 Å². The molecule has 2 aromatic heterocycles. The summed E-state index contributed by atoms with van der Waals surface area (Å²) in [5.41, 5.74) is 1.15. The lowest BCUT2D eigenvalue weighted by atomic mass is 10.1. The first-order chi connectivity index (χ1) is 9.09. The van der Waals surface area contributed by atoms with Gasteiger partial charge in [0.25, 0.3) is 5.56 Å². The number of hydrogen-bond donors (Lipinski definition) is 1. The topological polar surface area (TPSA) is 77.1 Å². The molecule has 0 aliphatic rings. The van der Waals surface area contributed by atoms with Gasteiger partial charge in [-0.25, -0.2) is 0 Å². The third-order valence-electron chi connectivity index (χ3n) is 3.18. The van der Waals surface area contributed by atoms with E-state index in [4.69, 9.17) is 5.11 Å². The summed E-state index contributed by atoms with van der Waals surface area (Å²) in [4.78, 5) is 23.1. The number of rotatable bonds is 2. The van der Waals surface area contributed by atoms with Crippen LogP contribution in [0.5, 0.6) is 0 Å². The second-order valence-corrected chi connectivity index (χ2v) is 4.34. The van der Waals surface area contributed by atoms with Crippen molar-refractivity contribution in [3.63, 3.8) is 0 Å². The molecule has 0 radical (unpaired) electrons. The van der Waals surface area contributed by atoms with Crippen LogP contribution in [0.25, 0.3) is 21.8 Å². The number of aliphatic carboxylic acids is 1. The highest BCUT2D eigenvalue weighted by molar-refractivity contribution is 6.03. The average Bonchev–Trinajstić information content (AvgIpc) is 2.79. The molecule has 0 aliphatic carbocycles. The molecule has 1 N–H and O–H groups in total. The minimum absolute atomic E-state index is 0.176. The number of carboxylic acids is 1.